The first-order chi connectivity index (χ1) is 16.8. The molecule has 9 heteroatoms. The highest BCUT2D eigenvalue weighted by Gasteiger charge is 2.58. The second-order valence-electron chi connectivity index (χ2n) is 9.73. The zero-order valence-corrected chi connectivity index (χ0v) is 19.0. The van der Waals surface area contributed by atoms with E-state index >= 15 is 0 Å². The molecule has 1 spiro atoms. The molecule has 1 aliphatic heterocycles. The van der Waals surface area contributed by atoms with E-state index in [1.54, 1.807) is 29.2 Å². The summed E-state index contributed by atoms with van der Waals surface area (Å²) in [5, 5.41) is 13.3. The fourth-order valence-electron chi connectivity index (χ4n) is 5.33. The molecular weight excluding hydrogens is 459 g/mol. The number of nitrogens with zero attached hydrogens (tertiary/aromatic N) is 3. The van der Waals surface area contributed by atoms with Crippen LogP contribution in [-0.4, -0.2) is 41.1 Å². The molecule has 6 rings (SSSR count). The Labute approximate surface area is 199 Å². The van der Waals surface area contributed by atoms with Crippen LogP contribution in [0.3, 0.4) is 0 Å². The van der Waals surface area contributed by atoms with E-state index in [-0.39, 0.29) is 30.3 Å². The van der Waals surface area contributed by atoms with Gasteiger partial charge in [-0.25, -0.2) is 4.68 Å². The fourth-order valence-corrected chi connectivity index (χ4v) is 5.33. The SMILES string of the molecule is COc1ccc(-n2nc(C(F)(F)F)c3c2C(=O)N(c2ccc(C4CC4CO)cc2)CC32CC2)cc1. The number of hydrogen-bond acceptors (Lipinski definition) is 4. The van der Waals surface area contributed by atoms with Crippen LogP contribution in [0.15, 0.2) is 48.5 Å². The minimum absolute atomic E-state index is 0.0162. The average Bonchev–Trinajstić information content (AvgIpc) is 3.77. The third kappa shape index (κ3) is 3.52. The number of rotatable bonds is 5. The monoisotopic (exact) mass is 483 g/mol. The van der Waals surface area contributed by atoms with Crippen molar-refractivity contribution >= 4 is 11.6 Å². The summed E-state index contributed by atoms with van der Waals surface area (Å²) in [5.74, 6) is 0.646. The number of anilines is 1. The molecule has 1 N–H and O–H groups in total. The lowest BCUT2D eigenvalue weighted by Crippen LogP contribution is -2.44. The van der Waals surface area contributed by atoms with Gasteiger partial charge >= 0.3 is 6.18 Å². The lowest BCUT2D eigenvalue weighted by molar-refractivity contribution is -0.142. The number of carbonyl (C=O) groups excluding carboxylic acids is 1. The normalized spacial score (nSPS) is 22.3. The zero-order chi connectivity index (χ0) is 24.5. The van der Waals surface area contributed by atoms with Gasteiger partial charge in [-0.15, -0.1) is 0 Å². The van der Waals surface area contributed by atoms with Crippen LogP contribution in [0.2, 0.25) is 0 Å². The maximum atomic E-state index is 14.1. The first kappa shape index (κ1) is 22.2. The van der Waals surface area contributed by atoms with E-state index in [1.807, 2.05) is 24.3 Å². The molecule has 2 aromatic carbocycles. The summed E-state index contributed by atoms with van der Waals surface area (Å²) >= 11 is 0. The van der Waals surface area contributed by atoms with Crippen LogP contribution in [0.5, 0.6) is 5.75 Å². The molecule has 0 saturated heterocycles. The van der Waals surface area contributed by atoms with Crippen molar-refractivity contribution in [3.63, 3.8) is 0 Å². The Balaban J connectivity index is 1.44. The molecule has 2 saturated carbocycles. The van der Waals surface area contributed by atoms with Crippen LogP contribution in [-0.2, 0) is 11.6 Å². The van der Waals surface area contributed by atoms with Crippen LogP contribution in [0.4, 0.5) is 18.9 Å². The minimum Gasteiger partial charge on any atom is -0.497 e. The van der Waals surface area contributed by atoms with E-state index in [9.17, 15) is 23.1 Å². The Morgan fingerprint density at radius 1 is 1.09 bits per heavy atom. The van der Waals surface area contributed by atoms with Gasteiger partial charge in [-0.3, -0.25) is 4.79 Å². The van der Waals surface area contributed by atoms with Crippen LogP contribution < -0.4 is 9.64 Å². The Morgan fingerprint density at radius 3 is 2.29 bits per heavy atom. The summed E-state index contributed by atoms with van der Waals surface area (Å²) in [6.45, 7) is 0.345. The van der Waals surface area contributed by atoms with Crippen LogP contribution in [0.25, 0.3) is 5.69 Å². The molecule has 3 aliphatic rings. The smallest absolute Gasteiger partial charge is 0.435 e. The summed E-state index contributed by atoms with van der Waals surface area (Å²) in [4.78, 5) is 15.3. The molecule has 6 nitrogen and oxygen atoms in total. The van der Waals surface area contributed by atoms with Gasteiger partial charge in [-0.05, 0) is 73.1 Å². The zero-order valence-electron chi connectivity index (χ0n) is 19.0. The molecule has 0 radical (unpaired) electrons. The third-order valence-corrected chi connectivity index (χ3v) is 7.55. The van der Waals surface area contributed by atoms with E-state index in [4.69, 9.17) is 4.74 Å². The molecule has 1 aromatic heterocycles. The quantitative estimate of drug-likeness (QED) is 0.572. The molecule has 2 heterocycles. The highest BCUT2D eigenvalue weighted by Crippen LogP contribution is 2.56. The fraction of sp³-hybridized carbons (Fsp3) is 0.385. The lowest BCUT2D eigenvalue weighted by atomic mass is 9.88. The number of alkyl halides is 3. The summed E-state index contributed by atoms with van der Waals surface area (Å²) < 4.78 is 48.6. The maximum Gasteiger partial charge on any atom is 0.435 e. The van der Waals surface area contributed by atoms with Crippen molar-refractivity contribution in [3.05, 3.63) is 71.0 Å². The van der Waals surface area contributed by atoms with Gasteiger partial charge in [0.25, 0.3) is 5.91 Å². The molecule has 3 aromatic rings. The van der Waals surface area contributed by atoms with Crippen molar-refractivity contribution in [1.82, 2.24) is 9.78 Å². The van der Waals surface area contributed by atoms with Gasteiger partial charge in [0.15, 0.2) is 5.69 Å². The summed E-state index contributed by atoms with van der Waals surface area (Å²) in [6, 6.07) is 14.0. The largest absolute Gasteiger partial charge is 0.497 e. The second-order valence-corrected chi connectivity index (χ2v) is 9.73. The van der Waals surface area contributed by atoms with E-state index in [0.29, 0.717) is 35.9 Å². The predicted octanol–water partition coefficient (Wildman–Crippen LogP) is 4.69. The first-order valence-electron chi connectivity index (χ1n) is 11.6. The standard InChI is InChI=1S/C26H24F3N3O3/c1-35-19-8-6-18(7-9-19)32-22-21(23(30-32)26(27,28)29)25(10-11-25)14-31(24(22)34)17-4-2-15(3-5-17)20-12-16(20)13-33/h2-9,16,20,33H,10-14H2,1H3. The van der Waals surface area contributed by atoms with E-state index in [2.05, 4.69) is 5.10 Å². The highest BCUT2D eigenvalue weighted by molar-refractivity contribution is 6.08. The van der Waals surface area contributed by atoms with E-state index < -0.39 is 23.2 Å². The molecule has 1 amide bonds. The number of carbonyl (C=O) groups is 1. The lowest BCUT2D eigenvalue weighted by Gasteiger charge is -2.34. The molecule has 2 fully saturated rings. The van der Waals surface area contributed by atoms with Crippen molar-refractivity contribution in [2.45, 2.75) is 36.8 Å². The van der Waals surface area contributed by atoms with Gasteiger partial charge in [0, 0.05) is 29.8 Å². The van der Waals surface area contributed by atoms with Crippen molar-refractivity contribution in [1.29, 1.82) is 0 Å². The Bertz CT molecular complexity index is 1290. The number of aliphatic hydroxyl groups excluding tert-OH is 1. The molecule has 2 unspecified atom stereocenters. The van der Waals surface area contributed by atoms with Crippen LogP contribution in [0.1, 0.15) is 52.5 Å². The Morgan fingerprint density at radius 2 is 1.74 bits per heavy atom. The number of hydrogen-bond donors (Lipinski definition) is 1. The van der Waals surface area contributed by atoms with E-state index in [1.165, 1.54) is 7.11 Å². The van der Waals surface area contributed by atoms with Crippen molar-refractivity contribution in [2.24, 2.45) is 5.92 Å². The van der Waals surface area contributed by atoms with Gasteiger partial charge < -0.3 is 14.7 Å². The number of methoxy groups -OCH3 is 1. The average molecular weight is 483 g/mol. The van der Waals surface area contributed by atoms with Gasteiger partial charge in [-0.2, -0.15) is 18.3 Å². The molecule has 0 bridgehead atoms. The first-order valence-corrected chi connectivity index (χ1v) is 11.6. The summed E-state index contributed by atoms with van der Waals surface area (Å²) in [7, 11) is 1.50. The summed E-state index contributed by atoms with van der Waals surface area (Å²) in [6.07, 6.45) is -2.60. The topological polar surface area (TPSA) is 67.6 Å². The maximum absolute atomic E-state index is 14.1. The second kappa shape index (κ2) is 7.58. The molecule has 35 heavy (non-hydrogen) atoms. The Hall–Kier alpha value is -3.33. The third-order valence-electron chi connectivity index (χ3n) is 7.55. The van der Waals surface area contributed by atoms with Crippen molar-refractivity contribution in [3.8, 4) is 11.4 Å². The number of fused-ring (bicyclic) bond motifs is 2. The minimum atomic E-state index is -4.67. The number of aliphatic hydroxyl groups is 1. The Kier molecular flexibility index (Phi) is 4.80. The molecular formula is C26H24F3N3O3. The van der Waals surface area contributed by atoms with Crippen LogP contribution in [0, 0.1) is 5.92 Å². The van der Waals surface area contributed by atoms with Crippen molar-refractivity contribution in [2.75, 3.05) is 25.2 Å². The molecule has 182 valence electrons. The number of amides is 1. The highest BCUT2D eigenvalue weighted by atomic mass is 19.4. The number of aromatic nitrogens is 2. The van der Waals surface area contributed by atoms with Crippen molar-refractivity contribution < 1.29 is 27.8 Å². The van der Waals surface area contributed by atoms with Crippen LogP contribution >= 0.6 is 0 Å². The van der Waals surface area contributed by atoms with Gasteiger partial charge in [-0.1, -0.05) is 12.1 Å². The summed E-state index contributed by atoms with van der Waals surface area (Å²) in [5.41, 5.74) is 0.362. The molecule has 2 aliphatic carbocycles. The predicted molar refractivity (Wildman–Crippen MR) is 122 cm³/mol. The number of ether oxygens (including phenoxy) is 1. The molecule has 2 atom stereocenters. The van der Waals surface area contributed by atoms with Gasteiger partial charge in [0.1, 0.15) is 11.4 Å². The number of benzene rings is 2. The van der Waals surface area contributed by atoms with Gasteiger partial charge in [0.05, 0.1) is 12.8 Å². The van der Waals surface area contributed by atoms with Gasteiger partial charge in [0.2, 0.25) is 0 Å². The number of halogens is 3. The van der Waals surface area contributed by atoms with E-state index in [0.717, 1.165) is 16.7 Å².